The van der Waals surface area contributed by atoms with E-state index >= 15 is 0 Å². The van der Waals surface area contributed by atoms with Crippen LogP contribution >= 0.6 is 0 Å². The SMILES string of the molecule is Cc1ccccc1C(C)NC(=O)c1cccc(S(=O)(=O)N2CCN(c3ccc(F)cc3)CC2)c1. The minimum Gasteiger partial charge on any atom is -0.369 e. The standard InChI is InChI=1S/C26H28FN3O3S/c1-19-6-3-4-9-25(19)20(2)28-26(31)21-7-5-8-24(18-21)34(32,33)30-16-14-29(15-17-30)23-12-10-22(27)11-13-23/h3-13,18,20H,14-17H2,1-2H3,(H,28,31). The first-order chi connectivity index (χ1) is 16.3. The van der Waals surface area contributed by atoms with Crippen LogP contribution in [0.4, 0.5) is 10.1 Å². The van der Waals surface area contributed by atoms with Crippen LogP contribution in [0.25, 0.3) is 0 Å². The third-order valence-corrected chi connectivity index (χ3v) is 8.06. The van der Waals surface area contributed by atoms with E-state index in [1.165, 1.54) is 28.6 Å². The summed E-state index contributed by atoms with van der Waals surface area (Å²) in [7, 11) is -3.75. The molecule has 1 unspecified atom stereocenters. The second-order valence-corrected chi connectivity index (χ2v) is 10.4. The van der Waals surface area contributed by atoms with Crippen LogP contribution in [-0.2, 0) is 10.0 Å². The molecule has 0 saturated carbocycles. The van der Waals surface area contributed by atoms with Gasteiger partial charge in [-0.3, -0.25) is 4.79 Å². The number of aryl methyl sites for hydroxylation is 1. The Kier molecular flexibility index (Phi) is 7.00. The molecule has 1 saturated heterocycles. The molecule has 178 valence electrons. The van der Waals surface area contributed by atoms with Gasteiger partial charge < -0.3 is 10.2 Å². The lowest BCUT2D eigenvalue weighted by Crippen LogP contribution is -2.48. The van der Waals surface area contributed by atoms with Gasteiger partial charge >= 0.3 is 0 Å². The topological polar surface area (TPSA) is 69.7 Å². The van der Waals surface area contributed by atoms with Crippen molar-refractivity contribution >= 4 is 21.6 Å². The van der Waals surface area contributed by atoms with Crippen molar-refractivity contribution in [3.8, 4) is 0 Å². The number of halogens is 1. The Morgan fingerprint density at radius 2 is 1.62 bits per heavy atom. The molecular weight excluding hydrogens is 453 g/mol. The van der Waals surface area contributed by atoms with Crippen molar-refractivity contribution in [3.63, 3.8) is 0 Å². The molecule has 3 aromatic rings. The zero-order chi connectivity index (χ0) is 24.3. The Morgan fingerprint density at radius 3 is 2.29 bits per heavy atom. The second-order valence-electron chi connectivity index (χ2n) is 8.45. The van der Waals surface area contributed by atoms with Crippen LogP contribution in [0, 0.1) is 12.7 Å². The number of carbonyl (C=O) groups excluding carboxylic acids is 1. The van der Waals surface area contributed by atoms with Crippen molar-refractivity contribution in [2.45, 2.75) is 24.8 Å². The minimum atomic E-state index is -3.75. The summed E-state index contributed by atoms with van der Waals surface area (Å²) in [5.41, 5.74) is 3.25. The van der Waals surface area contributed by atoms with Gasteiger partial charge in [-0.05, 0) is 67.4 Å². The number of nitrogens with zero attached hydrogens (tertiary/aromatic N) is 2. The van der Waals surface area contributed by atoms with Crippen LogP contribution in [-0.4, -0.2) is 44.8 Å². The fourth-order valence-corrected chi connectivity index (χ4v) is 5.68. The van der Waals surface area contributed by atoms with Crippen LogP contribution in [0.5, 0.6) is 0 Å². The van der Waals surface area contributed by atoms with Crippen LogP contribution in [0.2, 0.25) is 0 Å². The van der Waals surface area contributed by atoms with E-state index in [0.29, 0.717) is 31.7 Å². The van der Waals surface area contributed by atoms with Crippen LogP contribution in [0.3, 0.4) is 0 Å². The van der Waals surface area contributed by atoms with Crippen molar-refractivity contribution in [2.24, 2.45) is 0 Å². The Balaban J connectivity index is 1.44. The van der Waals surface area contributed by atoms with Gasteiger partial charge in [-0.25, -0.2) is 12.8 Å². The summed E-state index contributed by atoms with van der Waals surface area (Å²) in [4.78, 5) is 15.0. The zero-order valence-corrected chi connectivity index (χ0v) is 20.1. The van der Waals surface area contributed by atoms with Crippen molar-refractivity contribution < 1.29 is 17.6 Å². The van der Waals surface area contributed by atoms with E-state index in [9.17, 15) is 17.6 Å². The number of piperazine rings is 1. The van der Waals surface area contributed by atoms with Crippen LogP contribution in [0.1, 0.15) is 34.5 Å². The zero-order valence-electron chi connectivity index (χ0n) is 19.2. The Hall–Kier alpha value is -3.23. The molecule has 1 aliphatic heterocycles. The average molecular weight is 482 g/mol. The first-order valence-electron chi connectivity index (χ1n) is 11.2. The molecule has 1 N–H and O–H groups in total. The summed E-state index contributed by atoms with van der Waals surface area (Å²) >= 11 is 0. The smallest absolute Gasteiger partial charge is 0.251 e. The lowest BCUT2D eigenvalue weighted by atomic mass is 10.0. The lowest BCUT2D eigenvalue weighted by molar-refractivity contribution is 0.0939. The molecule has 0 bridgehead atoms. The maximum absolute atomic E-state index is 13.3. The lowest BCUT2D eigenvalue weighted by Gasteiger charge is -2.35. The van der Waals surface area contributed by atoms with Gasteiger partial charge in [0.2, 0.25) is 10.0 Å². The molecule has 0 spiro atoms. The molecule has 1 amide bonds. The molecule has 0 aliphatic carbocycles. The molecule has 1 atom stereocenters. The normalized spacial score (nSPS) is 15.7. The molecule has 1 heterocycles. The number of rotatable bonds is 6. The molecule has 0 aromatic heterocycles. The van der Waals surface area contributed by atoms with E-state index in [1.54, 1.807) is 24.3 Å². The third-order valence-electron chi connectivity index (χ3n) is 6.17. The van der Waals surface area contributed by atoms with E-state index in [1.807, 2.05) is 43.0 Å². The third kappa shape index (κ3) is 5.13. The molecule has 0 radical (unpaired) electrons. The van der Waals surface area contributed by atoms with Gasteiger partial charge in [0, 0.05) is 37.4 Å². The van der Waals surface area contributed by atoms with E-state index in [4.69, 9.17) is 0 Å². The van der Waals surface area contributed by atoms with Gasteiger partial charge in [-0.1, -0.05) is 30.3 Å². The first kappa shape index (κ1) is 23.9. The first-order valence-corrected chi connectivity index (χ1v) is 12.7. The fourth-order valence-electron chi connectivity index (χ4n) is 4.22. The van der Waals surface area contributed by atoms with Gasteiger partial charge in [0.1, 0.15) is 5.82 Å². The maximum atomic E-state index is 13.3. The number of sulfonamides is 1. The quantitative estimate of drug-likeness (QED) is 0.575. The molecule has 3 aromatic carbocycles. The largest absolute Gasteiger partial charge is 0.369 e. The molecular formula is C26H28FN3O3S. The van der Waals surface area contributed by atoms with Gasteiger partial charge in [0.25, 0.3) is 5.91 Å². The summed E-state index contributed by atoms with van der Waals surface area (Å²) in [6, 6.07) is 19.9. The van der Waals surface area contributed by atoms with Crippen molar-refractivity contribution in [3.05, 3.63) is 95.3 Å². The summed E-state index contributed by atoms with van der Waals surface area (Å²) in [5.74, 6) is -0.629. The number of hydrogen-bond donors (Lipinski definition) is 1. The Bertz CT molecular complexity index is 1270. The highest BCUT2D eigenvalue weighted by molar-refractivity contribution is 7.89. The average Bonchev–Trinajstić information content (AvgIpc) is 2.85. The number of amides is 1. The fraction of sp³-hybridized carbons (Fsp3) is 0.269. The number of carbonyl (C=O) groups is 1. The van der Waals surface area contributed by atoms with Crippen LogP contribution in [0.15, 0.2) is 77.7 Å². The molecule has 1 aliphatic rings. The number of nitrogens with one attached hydrogen (secondary N) is 1. The highest BCUT2D eigenvalue weighted by Crippen LogP contribution is 2.23. The predicted molar refractivity (Wildman–Crippen MR) is 131 cm³/mol. The van der Waals surface area contributed by atoms with Gasteiger partial charge in [0.15, 0.2) is 0 Å². The van der Waals surface area contributed by atoms with Crippen molar-refractivity contribution in [1.29, 1.82) is 0 Å². The van der Waals surface area contributed by atoms with Gasteiger partial charge in [-0.15, -0.1) is 0 Å². The number of benzene rings is 3. The molecule has 34 heavy (non-hydrogen) atoms. The highest BCUT2D eigenvalue weighted by Gasteiger charge is 2.29. The summed E-state index contributed by atoms with van der Waals surface area (Å²) in [6.07, 6.45) is 0. The van der Waals surface area contributed by atoms with Crippen molar-refractivity contribution in [2.75, 3.05) is 31.1 Å². The van der Waals surface area contributed by atoms with Crippen molar-refractivity contribution in [1.82, 2.24) is 9.62 Å². The Morgan fingerprint density at radius 1 is 0.941 bits per heavy atom. The summed E-state index contributed by atoms with van der Waals surface area (Å²) in [5, 5.41) is 2.96. The predicted octanol–water partition coefficient (Wildman–Crippen LogP) is 4.14. The highest BCUT2D eigenvalue weighted by atomic mass is 32.2. The monoisotopic (exact) mass is 481 g/mol. The van der Waals surface area contributed by atoms with Gasteiger partial charge in [-0.2, -0.15) is 4.31 Å². The maximum Gasteiger partial charge on any atom is 0.251 e. The van der Waals surface area contributed by atoms with E-state index in [0.717, 1.165) is 16.8 Å². The van der Waals surface area contributed by atoms with E-state index < -0.39 is 10.0 Å². The molecule has 8 heteroatoms. The van der Waals surface area contributed by atoms with E-state index in [2.05, 4.69) is 5.32 Å². The van der Waals surface area contributed by atoms with E-state index in [-0.39, 0.29) is 22.7 Å². The summed E-state index contributed by atoms with van der Waals surface area (Å²) < 4.78 is 41.1. The molecule has 6 nitrogen and oxygen atoms in total. The number of hydrogen-bond acceptors (Lipinski definition) is 4. The molecule has 1 fully saturated rings. The van der Waals surface area contributed by atoms with Gasteiger partial charge in [0.05, 0.1) is 10.9 Å². The summed E-state index contributed by atoms with van der Waals surface area (Å²) in [6.45, 7) is 5.50. The van der Waals surface area contributed by atoms with Crippen LogP contribution < -0.4 is 10.2 Å². The second kappa shape index (κ2) is 9.95. The molecule has 4 rings (SSSR count). The number of anilines is 1. The minimum absolute atomic E-state index is 0.0962. The Labute approximate surface area is 200 Å².